The molecule has 3 aromatic carbocycles. The van der Waals surface area contributed by atoms with Gasteiger partial charge < -0.3 is 26.0 Å². The second kappa shape index (κ2) is 15.2. The predicted octanol–water partition coefficient (Wildman–Crippen LogP) is 3.96. The Kier molecular flexibility index (Phi) is 11.4. The van der Waals surface area contributed by atoms with E-state index in [0.717, 1.165) is 60.8 Å². The van der Waals surface area contributed by atoms with Crippen molar-refractivity contribution in [3.63, 3.8) is 0 Å². The molecule has 226 valence electrons. The largest absolute Gasteiger partial charge is 0.490 e. The van der Waals surface area contributed by atoms with Crippen molar-refractivity contribution in [3.05, 3.63) is 83.4 Å². The van der Waals surface area contributed by atoms with E-state index < -0.39 is 22.0 Å². The van der Waals surface area contributed by atoms with Gasteiger partial charge in [-0.15, -0.1) is 0 Å². The van der Waals surface area contributed by atoms with Gasteiger partial charge in [0, 0.05) is 18.8 Å². The molecule has 0 aromatic heterocycles. The van der Waals surface area contributed by atoms with Crippen LogP contribution < -0.4 is 20.5 Å². The third-order valence-corrected chi connectivity index (χ3v) is 8.75. The average Bonchev–Trinajstić information content (AvgIpc) is 2.99. The molecule has 3 aromatic rings. The minimum Gasteiger partial charge on any atom is -0.490 e. The van der Waals surface area contributed by atoms with E-state index in [1.165, 1.54) is 0 Å². The minimum absolute atomic E-state index is 0.0278. The summed E-state index contributed by atoms with van der Waals surface area (Å²) in [5, 5.41) is 22.6. The standard InChI is InChI=1S/C32H41N3O6S/c33-27-14-11-25(12-15-27)30(37)22-34-18-17-23-7-9-24(10-8-23)26-13-16-29(32(38)35-42(39,40)20-4-19-36)31(21-26)41-28-5-2-1-3-6-28/h7-16,21,28,30,34,36-37H,1-6,17-20,22,33H2,(H,35,38)/t30-/m1/s1. The van der Waals surface area contributed by atoms with Crippen LogP contribution in [0.5, 0.6) is 5.75 Å². The van der Waals surface area contributed by atoms with E-state index in [-0.39, 0.29) is 30.4 Å². The first kappa shape index (κ1) is 31.5. The Bertz CT molecular complexity index is 1410. The highest BCUT2D eigenvalue weighted by molar-refractivity contribution is 7.90. The minimum atomic E-state index is -3.88. The predicted molar refractivity (Wildman–Crippen MR) is 165 cm³/mol. The molecule has 0 aliphatic heterocycles. The van der Waals surface area contributed by atoms with Crippen molar-refractivity contribution < 1.29 is 28.2 Å². The van der Waals surface area contributed by atoms with Gasteiger partial charge in [-0.25, -0.2) is 13.1 Å². The van der Waals surface area contributed by atoms with Gasteiger partial charge in [0.1, 0.15) is 5.75 Å². The SMILES string of the molecule is Nc1ccc([C@H](O)CNCCc2ccc(-c3ccc(C(=O)NS(=O)(=O)CCCO)c(OC4CCCCC4)c3)cc2)cc1. The molecule has 0 radical (unpaired) electrons. The summed E-state index contributed by atoms with van der Waals surface area (Å²) in [6.07, 6.45) is 5.24. The number of aliphatic hydroxyl groups excluding tert-OH is 2. The van der Waals surface area contributed by atoms with Gasteiger partial charge in [-0.3, -0.25) is 4.79 Å². The normalized spacial score (nSPS) is 14.8. The summed E-state index contributed by atoms with van der Waals surface area (Å²) in [5.74, 6) is -0.714. The molecule has 0 spiro atoms. The highest BCUT2D eigenvalue weighted by Gasteiger charge is 2.23. The first-order chi connectivity index (χ1) is 20.2. The molecule has 10 heteroatoms. The molecule has 0 saturated heterocycles. The molecule has 1 aliphatic carbocycles. The zero-order chi connectivity index (χ0) is 30.0. The number of sulfonamides is 1. The Morgan fingerprint density at radius 2 is 1.67 bits per heavy atom. The number of anilines is 1. The topological polar surface area (TPSA) is 151 Å². The Morgan fingerprint density at radius 3 is 2.36 bits per heavy atom. The number of benzene rings is 3. The van der Waals surface area contributed by atoms with E-state index in [1.54, 1.807) is 30.3 Å². The fraction of sp³-hybridized carbons (Fsp3) is 0.406. The van der Waals surface area contributed by atoms with Gasteiger partial charge in [0.2, 0.25) is 10.0 Å². The second-order valence-electron chi connectivity index (χ2n) is 10.7. The number of aliphatic hydroxyl groups is 2. The molecule has 0 unspecified atom stereocenters. The summed E-state index contributed by atoms with van der Waals surface area (Å²) in [6.45, 7) is 0.868. The number of hydrogen-bond donors (Lipinski definition) is 5. The van der Waals surface area contributed by atoms with E-state index in [9.17, 15) is 18.3 Å². The summed E-state index contributed by atoms with van der Waals surface area (Å²) in [7, 11) is -3.88. The summed E-state index contributed by atoms with van der Waals surface area (Å²) < 4.78 is 33.0. The summed E-state index contributed by atoms with van der Waals surface area (Å²) in [5.41, 5.74) is 10.3. The van der Waals surface area contributed by atoms with Crippen LogP contribution >= 0.6 is 0 Å². The highest BCUT2D eigenvalue weighted by atomic mass is 32.2. The van der Waals surface area contributed by atoms with Gasteiger partial charge in [-0.1, -0.05) is 48.9 Å². The van der Waals surface area contributed by atoms with Gasteiger partial charge in [0.25, 0.3) is 5.91 Å². The molecule has 0 bridgehead atoms. The number of carbonyl (C=O) groups is 1. The number of nitrogens with one attached hydrogen (secondary N) is 2. The third-order valence-electron chi connectivity index (χ3n) is 7.43. The monoisotopic (exact) mass is 595 g/mol. The van der Waals surface area contributed by atoms with Gasteiger partial charge in [-0.2, -0.15) is 0 Å². The maximum Gasteiger partial charge on any atom is 0.268 e. The van der Waals surface area contributed by atoms with Crippen LogP contribution in [0.15, 0.2) is 66.7 Å². The van der Waals surface area contributed by atoms with Crippen molar-refractivity contribution in [2.24, 2.45) is 0 Å². The molecular formula is C32H41N3O6S. The van der Waals surface area contributed by atoms with Crippen LogP contribution in [0.25, 0.3) is 11.1 Å². The molecule has 42 heavy (non-hydrogen) atoms. The van der Waals surface area contributed by atoms with E-state index in [4.69, 9.17) is 15.6 Å². The van der Waals surface area contributed by atoms with Crippen molar-refractivity contribution >= 4 is 21.6 Å². The van der Waals surface area contributed by atoms with Gasteiger partial charge in [-0.05, 0) is 91.6 Å². The van der Waals surface area contributed by atoms with Gasteiger partial charge >= 0.3 is 0 Å². The smallest absolute Gasteiger partial charge is 0.268 e. The van der Waals surface area contributed by atoms with E-state index >= 15 is 0 Å². The zero-order valence-electron chi connectivity index (χ0n) is 23.8. The number of carbonyl (C=O) groups excluding carboxylic acids is 1. The van der Waals surface area contributed by atoms with Crippen LogP contribution in [0.4, 0.5) is 5.69 Å². The molecule has 9 nitrogen and oxygen atoms in total. The Morgan fingerprint density at radius 1 is 0.976 bits per heavy atom. The lowest BCUT2D eigenvalue weighted by molar-refractivity contribution is 0.0969. The van der Waals surface area contributed by atoms with Crippen molar-refractivity contribution in [1.29, 1.82) is 0 Å². The van der Waals surface area contributed by atoms with Gasteiger partial charge in [0.15, 0.2) is 0 Å². The molecular weight excluding hydrogens is 554 g/mol. The third kappa shape index (κ3) is 9.29. The molecule has 1 saturated carbocycles. The summed E-state index contributed by atoms with van der Waals surface area (Å²) >= 11 is 0. The van der Waals surface area contributed by atoms with Crippen LogP contribution in [0.2, 0.25) is 0 Å². The van der Waals surface area contributed by atoms with E-state index in [2.05, 4.69) is 10.0 Å². The molecule has 1 fully saturated rings. The maximum atomic E-state index is 13.0. The molecule has 0 heterocycles. The number of nitrogens with two attached hydrogens (primary N) is 1. The van der Waals surface area contributed by atoms with E-state index in [1.807, 2.05) is 36.4 Å². The van der Waals surface area contributed by atoms with Crippen LogP contribution in [0, 0.1) is 0 Å². The first-order valence-electron chi connectivity index (χ1n) is 14.5. The fourth-order valence-corrected chi connectivity index (χ4v) is 6.03. The highest BCUT2D eigenvalue weighted by Crippen LogP contribution is 2.31. The molecule has 4 rings (SSSR count). The lowest BCUT2D eigenvalue weighted by Crippen LogP contribution is -2.33. The lowest BCUT2D eigenvalue weighted by atomic mass is 9.97. The number of ether oxygens (including phenoxy) is 1. The van der Waals surface area contributed by atoms with Crippen LogP contribution in [-0.4, -0.2) is 56.1 Å². The quantitative estimate of drug-likeness (QED) is 0.139. The number of nitrogen functional groups attached to an aromatic ring is 1. The number of rotatable bonds is 14. The maximum absolute atomic E-state index is 13.0. The Labute approximate surface area is 248 Å². The van der Waals surface area contributed by atoms with Crippen molar-refractivity contribution in [2.45, 2.75) is 57.2 Å². The number of amides is 1. The fourth-order valence-electron chi connectivity index (χ4n) is 5.02. The van der Waals surface area contributed by atoms with Crippen molar-refractivity contribution in [2.75, 3.05) is 31.2 Å². The second-order valence-corrected chi connectivity index (χ2v) is 12.6. The molecule has 1 amide bonds. The van der Waals surface area contributed by atoms with Crippen LogP contribution in [0.1, 0.15) is 66.1 Å². The zero-order valence-corrected chi connectivity index (χ0v) is 24.6. The lowest BCUT2D eigenvalue weighted by Gasteiger charge is -2.24. The van der Waals surface area contributed by atoms with Crippen LogP contribution in [0.3, 0.4) is 0 Å². The first-order valence-corrected chi connectivity index (χ1v) is 16.2. The molecule has 1 aliphatic rings. The van der Waals surface area contributed by atoms with E-state index in [0.29, 0.717) is 24.5 Å². The Hall–Kier alpha value is -3.44. The Balaban J connectivity index is 1.41. The molecule has 6 N–H and O–H groups in total. The summed E-state index contributed by atoms with van der Waals surface area (Å²) in [4.78, 5) is 13.0. The van der Waals surface area contributed by atoms with Crippen molar-refractivity contribution in [1.82, 2.24) is 10.0 Å². The molecule has 1 atom stereocenters. The van der Waals surface area contributed by atoms with Gasteiger partial charge in [0.05, 0.1) is 23.5 Å². The average molecular weight is 596 g/mol. The number of hydrogen-bond acceptors (Lipinski definition) is 8. The summed E-state index contributed by atoms with van der Waals surface area (Å²) in [6, 6.07) is 20.5. The van der Waals surface area contributed by atoms with Crippen molar-refractivity contribution in [3.8, 4) is 16.9 Å². The van der Waals surface area contributed by atoms with Crippen LogP contribution in [-0.2, 0) is 16.4 Å².